The third-order valence-corrected chi connectivity index (χ3v) is 5.04. The maximum absolute atomic E-state index is 12.9. The molecule has 0 aromatic heterocycles. The molecule has 2 nitrogen and oxygen atoms in total. The maximum Gasteiger partial charge on any atom is 0.416 e. The van der Waals surface area contributed by atoms with E-state index in [1.807, 2.05) is 4.90 Å². The van der Waals surface area contributed by atoms with Gasteiger partial charge < -0.3 is 5.73 Å². The molecule has 1 aliphatic carbocycles. The summed E-state index contributed by atoms with van der Waals surface area (Å²) in [5, 5.41) is 0. The van der Waals surface area contributed by atoms with Gasteiger partial charge in [0.15, 0.2) is 0 Å². The summed E-state index contributed by atoms with van der Waals surface area (Å²) in [6.45, 7) is 1.38. The van der Waals surface area contributed by atoms with Crippen LogP contribution in [0.3, 0.4) is 0 Å². The Hall–Kier alpha value is -1.28. The van der Waals surface area contributed by atoms with Crippen LogP contribution in [-0.4, -0.2) is 24.0 Å². The average molecular weight is 352 g/mol. The van der Waals surface area contributed by atoms with E-state index >= 15 is 0 Å². The first kappa shape index (κ1) is 17.5. The number of benzene rings is 1. The van der Waals surface area contributed by atoms with Gasteiger partial charge in [-0.25, -0.2) is 0 Å². The first-order valence-electron chi connectivity index (χ1n) is 7.80. The third-order valence-electron chi connectivity index (χ3n) is 5.04. The fourth-order valence-electron chi connectivity index (χ4n) is 3.90. The number of rotatable bonds is 2. The molecular weight excluding hydrogens is 334 g/mol. The van der Waals surface area contributed by atoms with Crippen LogP contribution in [0.1, 0.15) is 29.5 Å². The van der Waals surface area contributed by atoms with Crippen molar-refractivity contribution >= 4 is 0 Å². The van der Waals surface area contributed by atoms with Gasteiger partial charge in [-0.3, -0.25) is 4.90 Å². The molecule has 0 bridgehead atoms. The van der Waals surface area contributed by atoms with E-state index in [0.29, 0.717) is 19.0 Å². The van der Waals surface area contributed by atoms with Crippen LogP contribution in [0, 0.1) is 11.8 Å². The molecule has 0 amide bonds. The molecule has 1 saturated heterocycles. The topological polar surface area (TPSA) is 29.3 Å². The van der Waals surface area contributed by atoms with Crippen molar-refractivity contribution < 1.29 is 26.3 Å². The van der Waals surface area contributed by atoms with E-state index in [2.05, 4.69) is 0 Å². The smallest absolute Gasteiger partial charge is 0.327 e. The highest BCUT2D eigenvalue weighted by Gasteiger charge is 2.41. The summed E-state index contributed by atoms with van der Waals surface area (Å²) in [4.78, 5) is 1.91. The number of nitrogens with zero attached hydrogens (tertiary/aromatic N) is 1. The van der Waals surface area contributed by atoms with Crippen LogP contribution in [0.15, 0.2) is 18.2 Å². The lowest BCUT2D eigenvalue weighted by Crippen LogP contribution is -2.30. The Morgan fingerprint density at radius 3 is 2.00 bits per heavy atom. The minimum absolute atomic E-state index is 0.0331. The SMILES string of the molecule is NC1CCC2CN(Cc3cc(C(F)(F)F)cc(C(F)(F)F)c3)CC12. The fraction of sp³-hybridized carbons (Fsp3) is 0.625. The van der Waals surface area contributed by atoms with Gasteiger partial charge in [0.1, 0.15) is 0 Å². The second-order valence-electron chi connectivity index (χ2n) is 6.77. The van der Waals surface area contributed by atoms with Gasteiger partial charge in [-0.1, -0.05) is 0 Å². The summed E-state index contributed by atoms with van der Waals surface area (Å²) in [6.07, 6.45) is -7.70. The van der Waals surface area contributed by atoms with Gasteiger partial charge in [-0.2, -0.15) is 26.3 Å². The Kier molecular flexibility index (Phi) is 4.32. The first-order chi connectivity index (χ1) is 11.0. The summed E-state index contributed by atoms with van der Waals surface area (Å²) in [5.74, 6) is 0.686. The van der Waals surface area contributed by atoms with E-state index in [0.717, 1.165) is 25.0 Å². The number of halogens is 6. The summed E-state index contributed by atoms with van der Waals surface area (Å²) in [6, 6.07) is 1.86. The van der Waals surface area contributed by atoms with Crippen LogP contribution in [0.25, 0.3) is 0 Å². The second kappa shape index (κ2) is 5.91. The van der Waals surface area contributed by atoms with Crippen LogP contribution in [0.2, 0.25) is 0 Å². The normalized spacial score (nSPS) is 28.4. The minimum atomic E-state index is -4.81. The standard InChI is InChI=1S/C16H18F6N2/c17-15(18,19)11-3-9(4-12(5-11)16(20,21)22)6-24-7-10-1-2-14(23)13(10)8-24/h3-5,10,13-14H,1-2,6-8,23H2. The van der Waals surface area contributed by atoms with E-state index in [1.54, 1.807) is 0 Å². The van der Waals surface area contributed by atoms with Crippen LogP contribution < -0.4 is 5.73 Å². The van der Waals surface area contributed by atoms with Crippen LogP contribution >= 0.6 is 0 Å². The zero-order valence-electron chi connectivity index (χ0n) is 12.8. The monoisotopic (exact) mass is 352 g/mol. The number of alkyl halides is 6. The Morgan fingerprint density at radius 1 is 0.917 bits per heavy atom. The van der Waals surface area contributed by atoms with Crippen LogP contribution in [0.4, 0.5) is 26.3 Å². The lowest BCUT2D eigenvalue weighted by Gasteiger charge is -2.20. The van der Waals surface area contributed by atoms with Crippen molar-refractivity contribution in [2.75, 3.05) is 13.1 Å². The van der Waals surface area contributed by atoms with Gasteiger partial charge >= 0.3 is 12.4 Å². The van der Waals surface area contributed by atoms with Crippen molar-refractivity contribution in [1.29, 1.82) is 0 Å². The lowest BCUT2D eigenvalue weighted by atomic mass is 9.98. The molecular formula is C16H18F6N2. The van der Waals surface area contributed by atoms with Gasteiger partial charge in [0.2, 0.25) is 0 Å². The summed E-state index contributed by atoms with van der Waals surface area (Å²) >= 11 is 0. The van der Waals surface area contributed by atoms with Gasteiger partial charge in [0.25, 0.3) is 0 Å². The van der Waals surface area contributed by atoms with Crippen molar-refractivity contribution in [2.45, 2.75) is 37.8 Å². The van der Waals surface area contributed by atoms with Gasteiger partial charge in [-0.05, 0) is 48.4 Å². The van der Waals surface area contributed by atoms with Crippen LogP contribution in [-0.2, 0) is 18.9 Å². The molecule has 3 rings (SSSR count). The number of nitrogens with two attached hydrogens (primary N) is 1. The Labute approximate surface area is 135 Å². The largest absolute Gasteiger partial charge is 0.416 e. The number of hydrogen-bond donors (Lipinski definition) is 1. The van der Waals surface area contributed by atoms with E-state index in [9.17, 15) is 26.3 Å². The third kappa shape index (κ3) is 3.54. The molecule has 1 aromatic carbocycles. The van der Waals surface area contributed by atoms with Gasteiger partial charge in [-0.15, -0.1) is 0 Å². The van der Waals surface area contributed by atoms with Crippen molar-refractivity contribution in [3.05, 3.63) is 34.9 Å². The molecule has 24 heavy (non-hydrogen) atoms. The predicted octanol–water partition coefficient (Wildman–Crippen LogP) is 3.89. The Balaban J connectivity index is 1.83. The van der Waals surface area contributed by atoms with Crippen molar-refractivity contribution in [3.63, 3.8) is 0 Å². The molecule has 1 aromatic rings. The fourth-order valence-corrected chi connectivity index (χ4v) is 3.90. The lowest BCUT2D eigenvalue weighted by molar-refractivity contribution is -0.143. The summed E-state index contributed by atoms with van der Waals surface area (Å²) in [5.41, 5.74) is 3.53. The van der Waals surface area contributed by atoms with Crippen molar-refractivity contribution in [1.82, 2.24) is 4.90 Å². The first-order valence-corrected chi connectivity index (χ1v) is 7.80. The summed E-state index contributed by atoms with van der Waals surface area (Å²) in [7, 11) is 0. The molecule has 8 heteroatoms. The Morgan fingerprint density at radius 2 is 1.50 bits per heavy atom. The zero-order chi connectivity index (χ0) is 17.7. The average Bonchev–Trinajstić information content (AvgIpc) is 2.99. The molecule has 1 heterocycles. The highest BCUT2D eigenvalue weighted by Crippen LogP contribution is 2.39. The molecule has 2 aliphatic rings. The highest BCUT2D eigenvalue weighted by atomic mass is 19.4. The van der Waals surface area contributed by atoms with Crippen molar-refractivity contribution in [3.8, 4) is 0 Å². The zero-order valence-corrected chi connectivity index (χ0v) is 12.8. The molecule has 0 spiro atoms. The molecule has 0 radical (unpaired) electrons. The van der Waals surface area contributed by atoms with Gasteiger partial charge in [0.05, 0.1) is 11.1 Å². The highest BCUT2D eigenvalue weighted by molar-refractivity contribution is 5.33. The van der Waals surface area contributed by atoms with E-state index in [-0.39, 0.29) is 30.1 Å². The molecule has 1 saturated carbocycles. The van der Waals surface area contributed by atoms with E-state index in [1.165, 1.54) is 0 Å². The van der Waals surface area contributed by atoms with Crippen molar-refractivity contribution in [2.24, 2.45) is 17.6 Å². The number of likely N-dealkylation sites (tertiary alicyclic amines) is 1. The Bertz CT molecular complexity index is 577. The molecule has 2 N–H and O–H groups in total. The van der Waals surface area contributed by atoms with E-state index in [4.69, 9.17) is 5.73 Å². The molecule has 3 atom stereocenters. The summed E-state index contributed by atoms with van der Waals surface area (Å²) < 4.78 is 77.3. The van der Waals surface area contributed by atoms with Gasteiger partial charge in [0, 0.05) is 25.7 Å². The van der Waals surface area contributed by atoms with E-state index < -0.39 is 23.5 Å². The maximum atomic E-state index is 12.9. The minimum Gasteiger partial charge on any atom is -0.327 e. The predicted molar refractivity (Wildman–Crippen MR) is 75.9 cm³/mol. The molecule has 134 valence electrons. The molecule has 1 aliphatic heterocycles. The number of hydrogen-bond acceptors (Lipinski definition) is 2. The number of fused-ring (bicyclic) bond motifs is 1. The quantitative estimate of drug-likeness (QED) is 0.818. The molecule has 3 unspecified atom stereocenters. The second-order valence-corrected chi connectivity index (χ2v) is 6.77. The molecule has 2 fully saturated rings. The van der Waals surface area contributed by atoms with Crippen LogP contribution in [0.5, 0.6) is 0 Å².